The molecular formula is C20H22ClN5O3. The van der Waals surface area contributed by atoms with E-state index in [-0.39, 0.29) is 24.8 Å². The molecule has 0 radical (unpaired) electrons. The van der Waals surface area contributed by atoms with Gasteiger partial charge in [-0.15, -0.1) is 0 Å². The number of ether oxygens (including phenoxy) is 1. The second-order valence-electron chi connectivity index (χ2n) is 7.03. The fourth-order valence-corrected chi connectivity index (χ4v) is 3.63. The van der Waals surface area contributed by atoms with E-state index in [0.29, 0.717) is 30.6 Å². The summed E-state index contributed by atoms with van der Waals surface area (Å²) in [7, 11) is 0. The Morgan fingerprint density at radius 2 is 1.97 bits per heavy atom. The van der Waals surface area contributed by atoms with Crippen molar-refractivity contribution in [1.82, 2.24) is 15.3 Å². The number of halogens is 1. The molecule has 2 aliphatic heterocycles. The summed E-state index contributed by atoms with van der Waals surface area (Å²) in [6.45, 7) is 3.50. The average molecular weight is 416 g/mol. The predicted molar refractivity (Wildman–Crippen MR) is 109 cm³/mol. The van der Waals surface area contributed by atoms with E-state index in [1.54, 1.807) is 35.4 Å². The maximum absolute atomic E-state index is 12.6. The maximum Gasteiger partial charge on any atom is 0.227 e. The van der Waals surface area contributed by atoms with Crippen molar-refractivity contribution < 1.29 is 14.3 Å². The standard InChI is InChI=1S/C20H22ClN5O3/c21-15-1-3-16(4-2-15)26-13-14(11-19(26)27)20(28)23-12-17-22-6-5-18(24-17)25-7-9-29-10-8-25/h1-6,14H,7-13H2,(H,23,28). The first-order valence-corrected chi connectivity index (χ1v) is 9.96. The minimum atomic E-state index is -0.402. The van der Waals surface area contributed by atoms with Crippen LogP contribution in [0, 0.1) is 5.92 Å². The highest BCUT2D eigenvalue weighted by Crippen LogP contribution is 2.26. The molecule has 0 aliphatic carbocycles. The van der Waals surface area contributed by atoms with Crippen molar-refractivity contribution >= 4 is 34.9 Å². The fourth-order valence-electron chi connectivity index (χ4n) is 3.51. The van der Waals surface area contributed by atoms with Gasteiger partial charge in [0, 0.05) is 43.0 Å². The van der Waals surface area contributed by atoms with Gasteiger partial charge in [0.15, 0.2) is 0 Å². The van der Waals surface area contributed by atoms with Gasteiger partial charge in [0.2, 0.25) is 11.8 Å². The monoisotopic (exact) mass is 415 g/mol. The van der Waals surface area contributed by atoms with E-state index in [4.69, 9.17) is 16.3 Å². The molecule has 2 aromatic rings. The molecule has 3 heterocycles. The van der Waals surface area contributed by atoms with Gasteiger partial charge in [-0.25, -0.2) is 9.97 Å². The molecule has 1 atom stereocenters. The van der Waals surface area contributed by atoms with E-state index >= 15 is 0 Å². The summed E-state index contributed by atoms with van der Waals surface area (Å²) in [6, 6.07) is 8.89. The Kier molecular flexibility index (Phi) is 5.92. The van der Waals surface area contributed by atoms with Gasteiger partial charge in [-0.1, -0.05) is 11.6 Å². The van der Waals surface area contributed by atoms with Gasteiger partial charge >= 0.3 is 0 Å². The van der Waals surface area contributed by atoms with Crippen LogP contribution in [0.25, 0.3) is 0 Å². The number of nitrogens with zero attached hydrogens (tertiary/aromatic N) is 4. The summed E-state index contributed by atoms with van der Waals surface area (Å²) in [5.41, 5.74) is 0.747. The Morgan fingerprint density at radius 1 is 1.21 bits per heavy atom. The van der Waals surface area contributed by atoms with Crippen molar-refractivity contribution in [2.45, 2.75) is 13.0 Å². The van der Waals surface area contributed by atoms with Crippen molar-refractivity contribution in [2.24, 2.45) is 5.92 Å². The Balaban J connectivity index is 1.34. The molecule has 8 nitrogen and oxygen atoms in total. The number of benzene rings is 1. The molecule has 1 unspecified atom stereocenters. The lowest BCUT2D eigenvalue weighted by Crippen LogP contribution is -2.37. The largest absolute Gasteiger partial charge is 0.378 e. The van der Waals surface area contributed by atoms with Gasteiger partial charge in [0.05, 0.1) is 25.7 Å². The van der Waals surface area contributed by atoms with Crippen LogP contribution in [-0.4, -0.2) is 54.6 Å². The summed E-state index contributed by atoms with van der Waals surface area (Å²) in [5.74, 6) is 0.729. The number of rotatable bonds is 5. The molecule has 1 aromatic carbocycles. The van der Waals surface area contributed by atoms with Gasteiger partial charge in [0.1, 0.15) is 11.6 Å². The second kappa shape index (κ2) is 8.75. The summed E-state index contributed by atoms with van der Waals surface area (Å²) in [4.78, 5) is 37.5. The first-order chi connectivity index (χ1) is 14.1. The molecule has 2 fully saturated rings. The zero-order valence-electron chi connectivity index (χ0n) is 15.9. The Bertz CT molecular complexity index is 886. The lowest BCUT2D eigenvalue weighted by Gasteiger charge is -2.27. The number of hydrogen-bond acceptors (Lipinski definition) is 6. The van der Waals surface area contributed by atoms with Crippen molar-refractivity contribution in [1.29, 1.82) is 0 Å². The average Bonchev–Trinajstić information content (AvgIpc) is 3.15. The summed E-state index contributed by atoms with van der Waals surface area (Å²) in [5, 5.41) is 3.47. The minimum absolute atomic E-state index is 0.0713. The van der Waals surface area contributed by atoms with Crippen LogP contribution >= 0.6 is 11.6 Å². The Labute approximate surface area is 173 Å². The number of morpholine rings is 1. The number of nitrogens with one attached hydrogen (secondary N) is 1. The van der Waals surface area contributed by atoms with Crippen LogP contribution in [0.1, 0.15) is 12.2 Å². The van der Waals surface area contributed by atoms with Gasteiger partial charge in [-0.05, 0) is 30.3 Å². The van der Waals surface area contributed by atoms with Crippen LogP contribution in [0.4, 0.5) is 11.5 Å². The van der Waals surface area contributed by atoms with E-state index in [9.17, 15) is 9.59 Å². The lowest BCUT2D eigenvalue weighted by molar-refractivity contribution is -0.126. The third-order valence-electron chi connectivity index (χ3n) is 5.08. The summed E-state index contributed by atoms with van der Waals surface area (Å²) in [6.07, 6.45) is 1.88. The summed E-state index contributed by atoms with van der Waals surface area (Å²) < 4.78 is 5.36. The molecule has 29 heavy (non-hydrogen) atoms. The van der Waals surface area contributed by atoms with Gasteiger partial charge in [-0.2, -0.15) is 0 Å². The van der Waals surface area contributed by atoms with Gasteiger partial charge in [-0.3, -0.25) is 9.59 Å². The molecule has 0 bridgehead atoms. The highest BCUT2D eigenvalue weighted by molar-refractivity contribution is 6.30. The first-order valence-electron chi connectivity index (χ1n) is 9.58. The van der Waals surface area contributed by atoms with Crippen LogP contribution in [0.5, 0.6) is 0 Å². The van der Waals surface area contributed by atoms with Gasteiger partial charge < -0.3 is 19.9 Å². The number of aromatic nitrogens is 2. The van der Waals surface area contributed by atoms with Crippen molar-refractivity contribution in [3.8, 4) is 0 Å². The van der Waals surface area contributed by atoms with Crippen molar-refractivity contribution in [2.75, 3.05) is 42.6 Å². The lowest BCUT2D eigenvalue weighted by atomic mass is 10.1. The minimum Gasteiger partial charge on any atom is -0.378 e. The SMILES string of the molecule is O=C(NCc1nccc(N2CCOCC2)n1)C1CC(=O)N(c2ccc(Cl)cc2)C1. The van der Waals surface area contributed by atoms with Gasteiger partial charge in [0.25, 0.3) is 0 Å². The van der Waals surface area contributed by atoms with E-state index in [1.165, 1.54) is 0 Å². The number of anilines is 2. The highest BCUT2D eigenvalue weighted by Gasteiger charge is 2.35. The molecule has 2 aliphatic rings. The zero-order chi connectivity index (χ0) is 20.2. The van der Waals surface area contributed by atoms with E-state index in [0.717, 1.165) is 24.6 Å². The third-order valence-corrected chi connectivity index (χ3v) is 5.33. The number of amides is 2. The second-order valence-corrected chi connectivity index (χ2v) is 7.47. The smallest absolute Gasteiger partial charge is 0.227 e. The van der Waals surface area contributed by atoms with Crippen molar-refractivity contribution in [3.05, 3.63) is 47.4 Å². The number of carbonyl (C=O) groups excluding carboxylic acids is 2. The quantitative estimate of drug-likeness (QED) is 0.798. The van der Waals surface area contributed by atoms with E-state index in [1.807, 2.05) is 6.07 Å². The topological polar surface area (TPSA) is 87.7 Å². The molecule has 4 rings (SSSR count). The van der Waals surface area contributed by atoms with Crippen LogP contribution in [0.3, 0.4) is 0 Å². The third kappa shape index (κ3) is 4.65. The molecule has 1 aromatic heterocycles. The molecule has 2 saturated heterocycles. The number of carbonyl (C=O) groups is 2. The molecule has 152 valence electrons. The normalized spacial score (nSPS) is 19.5. The van der Waals surface area contributed by atoms with Crippen LogP contribution in [-0.2, 0) is 20.9 Å². The maximum atomic E-state index is 12.6. The first kappa shape index (κ1) is 19.6. The van der Waals surface area contributed by atoms with Crippen LogP contribution in [0.15, 0.2) is 36.5 Å². The molecule has 0 spiro atoms. The zero-order valence-corrected chi connectivity index (χ0v) is 16.6. The Hall–Kier alpha value is -2.71. The molecule has 1 N–H and O–H groups in total. The molecular weight excluding hydrogens is 394 g/mol. The highest BCUT2D eigenvalue weighted by atomic mass is 35.5. The summed E-state index contributed by atoms with van der Waals surface area (Å²) >= 11 is 5.91. The fraction of sp³-hybridized carbons (Fsp3) is 0.400. The van der Waals surface area contributed by atoms with Crippen LogP contribution in [0.2, 0.25) is 5.02 Å². The van der Waals surface area contributed by atoms with E-state index < -0.39 is 5.92 Å². The molecule has 9 heteroatoms. The number of hydrogen-bond donors (Lipinski definition) is 1. The Morgan fingerprint density at radius 3 is 2.72 bits per heavy atom. The van der Waals surface area contributed by atoms with Crippen molar-refractivity contribution in [3.63, 3.8) is 0 Å². The van der Waals surface area contributed by atoms with E-state index in [2.05, 4.69) is 20.2 Å². The molecule has 2 amide bonds. The van der Waals surface area contributed by atoms with Crippen LogP contribution < -0.4 is 15.1 Å². The predicted octanol–water partition coefficient (Wildman–Crippen LogP) is 1.64. The molecule has 0 saturated carbocycles.